The monoisotopic (exact) mass is 290 g/mol. The normalized spacial score (nSPS) is 12.1. The minimum absolute atomic E-state index is 0.189. The Hall–Kier alpha value is -1.95. The van der Waals surface area contributed by atoms with Crippen LogP contribution in [0.25, 0.3) is 11.1 Å². The fourth-order valence-electron chi connectivity index (χ4n) is 2.01. The van der Waals surface area contributed by atoms with Crippen LogP contribution < -0.4 is 11.1 Å². The Kier molecular flexibility index (Phi) is 4.00. The van der Waals surface area contributed by atoms with Crippen molar-refractivity contribution >= 4 is 17.0 Å². The van der Waals surface area contributed by atoms with Crippen LogP contribution in [0, 0.1) is 6.92 Å². The first-order valence-electron chi connectivity index (χ1n) is 7.04. The topological polar surface area (TPSA) is 94.0 Å². The molecule has 21 heavy (non-hydrogen) atoms. The Morgan fingerprint density at radius 1 is 1.48 bits per heavy atom. The summed E-state index contributed by atoms with van der Waals surface area (Å²) in [6, 6.07) is 1.80. The number of nitrogens with two attached hydrogens (primary N) is 1. The van der Waals surface area contributed by atoms with Gasteiger partial charge in [-0.3, -0.25) is 4.79 Å². The number of carbonyl (C=O) groups excluding carboxylic acids is 1. The molecule has 2 heterocycles. The Balaban J connectivity index is 2.55. The van der Waals surface area contributed by atoms with Crippen LogP contribution in [0.1, 0.15) is 55.4 Å². The molecule has 0 aliphatic rings. The van der Waals surface area contributed by atoms with E-state index in [1.54, 1.807) is 13.0 Å². The molecule has 6 nitrogen and oxygen atoms in total. The molecule has 0 fully saturated rings. The summed E-state index contributed by atoms with van der Waals surface area (Å²) < 4.78 is 5.22. The minimum atomic E-state index is -0.476. The lowest BCUT2D eigenvalue weighted by Gasteiger charge is -2.24. The third-order valence-electron chi connectivity index (χ3n) is 3.44. The zero-order chi connectivity index (χ0) is 15.8. The molecule has 0 radical (unpaired) electrons. The number of amides is 1. The molecule has 0 spiro atoms. The predicted octanol–water partition coefficient (Wildman–Crippen LogP) is 2.12. The second-order valence-corrected chi connectivity index (χ2v) is 6.24. The minimum Gasteiger partial charge on any atom is -0.346 e. The Morgan fingerprint density at radius 3 is 2.71 bits per heavy atom. The van der Waals surface area contributed by atoms with Crippen LogP contribution in [-0.2, 0) is 0 Å². The van der Waals surface area contributed by atoms with Crippen molar-refractivity contribution in [2.75, 3.05) is 6.54 Å². The van der Waals surface area contributed by atoms with E-state index in [2.05, 4.69) is 15.5 Å². The third-order valence-corrected chi connectivity index (χ3v) is 3.44. The van der Waals surface area contributed by atoms with Gasteiger partial charge in [0, 0.05) is 17.8 Å². The van der Waals surface area contributed by atoms with E-state index >= 15 is 0 Å². The lowest BCUT2D eigenvalue weighted by molar-refractivity contribution is 0.0917. The maximum atomic E-state index is 12.6. The number of aryl methyl sites for hydroxylation is 1. The SMILES string of the molecule is Cc1noc2nc(C(C)C)cc(C(=O)NC(C)(C)CN)c12. The highest BCUT2D eigenvalue weighted by molar-refractivity contribution is 6.06. The van der Waals surface area contributed by atoms with Crippen molar-refractivity contribution in [1.82, 2.24) is 15.5 Å². The van der Waals surface area contributed by atoms with E-state index < -0.39 is 5.54 Å². The largest absolute Gasteiger partial charge is 0.346 e. The lowest BCUT2D eigenvalue weighted by Crippen LogP contribution is -2.48. The van der Waals surface area contributed by atoms with Gasteiger partial charge in [0.1, 0.15) is 0 Å². The maximum Gasteiger partial charge on any atom is 0.259 e. The number of aromatic nitrogens is 2. The number of rotatable bonds is 4. The first-order chi connectivity index (χ1) is 9.75. The van der Waals surface area contributed by atoms with E-state index in [0.29, 0.717) is 28.9 Å². The van der Waals surface area contributed by atoms with Crippen LogP contribution >= 0.6 is 0 Å². The Labute approximate surface area is 124 Å². The average Bonchev–Trinajstić information content (AvgIpc) is 2.79. The standard InChI is InChI=1S/C15H22N4O2/c1-8(2)11-6-10(13(20)18-15(4,5)7-16)12-9(3)19-21-14(12)17-11/h6,8H,7,16H2,1-5H3,(H,18,20). The van der Waals surface area contributed by atoms with E-state index in [9.17, 15) is 4.79 Å². The Morgan fingerprint density at radius 2 is 2.14 bits per heavy atom. The summed E-state index contributed by atoms with van der Waals surface area (Å²) in [5, 5.41) is 7.51. The van der Waals surface area contributed by atoms with E-state index in [1.807, 2.05) is 27.7 Å². The molecule has 0 aliphatic heterocycles. The van der Waals surface area contributed by atoms with Crippen molar-refractivity contribution in [1.29, 1.82) is 0 Å². The fourth-order valence-corrected chi connectivity index (χ4v) is 2.01. The molecule has 114 valence electrons. The van der Waals surface area contributed by atoms with Gasteiger partial charge in [0.25, 0.3) is 11.6 Å². The molecule has 6 heteroatoms. The van der Waals surface area contributed by atoms with Gasteiger partial charge in [-0.25, -0.2) is 4.98 Å². The molecule has 1 amide bonds. The first kappa shape index (κ1) is 15.4. The number of nitrogens with zero attached hydrogens (tertiary/aromatic N) is 2. The molecule has 2 aromatic heterocycles. The number of hydrogen-bond donors (Lipinski definition) is 2. The number of pyridine rings is 1. The third kappa shape index (κ3) is 3.05. The van der Waals surface area contributed by atoms with E-state index in [4.69, 9.17) is 10.3 Å². The van der Waals surface area contributed by atoms with Crippen LogP contribution in [-0.4, -0.2) is 28.1 Å². The van der Waals surface area contributed by atoms with Gasteiger partial charge in [0.05, 0.1) is 16.6 Å². The van der Waals surface area contributed by atoms with Crippen LogP contribution in [0.5, 0.6) is 0 Å². The molecule has 0 bridgehead atoms. The lowest BCUT2D eigenvalue weighted by atomic mass is 10.0. The van der Waals surface area contributed by atoms with Crippen molar-refractivity contribution in [3.05, 3.63) is 23.0 Å². The predicted molar refractivity (Wildman–Crippen MR) is 81.2 cm³/mol. The molecule has 2 aromatic rings. The van der Waals surface area contributed by atoms with E-state index in [0.717, 1.165) is 5.69 Å². The number of hydrogen-bond acceptors (Lipinski definition) is 5. The Bertz CT molecular complexity index is 674. The van der Waals surface area contributed by atoms with Gasteiger partial charge in [-0.15, -0.1) is 0 Å². The molecule has 0 saturated carbocycles. The van der Waals surface area contributed by atoms with Crippen molar-refractivity contribution in [3.8, 4) is 0 Å². The summed E-state index contributed by atoms with van der Waals surface area (Å²) in [4.78, 5) is 17.0. The van der Waals surface area contributed by atoms with Gasteiger partial charge < -0.3 is 15.6 Å². The van der Waals surface area contributed by atoms with Crippen molar-refractivity contribution in [2.45, 2.75) is 46.1 Å². The zero-order valence-electron chi connectivity index (χ0n) is 13.2. The molecule has 0 aliphatic carbocycles. The second-order valence-electron chi connectivity index (χ2n) is 6.24. The number of carbonyl (C=O) groups is 1. The molecule has 0 saturated heterocycles. The zero-order valence-corrected chi connectivity index (χ0v) is 13.2. The summed E-state index contributed by atoms with van der Waals surface area (Å²) in [5.74, 6) is -0.0000696. The smallest absolute Gasteiger partial charge is 0.259 e. The first-order valence-corrected chi connectivity index (χ1v) is 7.04. The van der Waals surface area contributed by atoms with Crippen LogP contribution in [0.4, 0.5) is 0 Å². The van der Waals surface area contributed by atoms with E-state index in [-0.39, 0.29) is 11.8 Å². The van der Waals surface area contributed by atoms with E-state index in [1.165, 1.54) is 0 Å². The summed E-state index contributed by atoms with van der Waals surface area (Å²) in [6.45, 7) is 9.95. The summed E-state index contributed by atoms with van der Waals surface area (Å²) >= 11 is 0. The molecule has 0 unspecified atom stereocenters. The highest BCUT2D eigenvalue weighted by atomic mass is 16.5. The second kappa shape index (κ2) is 5.44. The van der Waals surface area contributed by atoms with Crippen LogP contribution in [0.15, 0.2) is 10.6 Å². The van der Waals surface area contributed by atoms with Crippen LogP contribution in [0.2, 0.25) is 0 Å². The van der Waals surface area contributed by atoms with Crippen molar-refractivity contribution in [3.63, 3.8) is 0 Å². The summed E-state index contributed by atoms with van der Waals surface area (Å²) in [5.41, 5.74) is 7.58. The van der Waals surface area contributed by atoms with Gasteiger partial charge in [0.2, 0.25) is 0 Å². The molecular formula is C15H22N4O2. The molecular weight excluding hydrogens is 268 g/mol. The maximum absolute atomic E-state index is 12.6. The van der Waals surface area contributed by atoms with Gasteiger partial charge >= 0.3 is 0 Å². The molecule has 2 rings (SSSR count). The number of fused-ring (bicyclic) bond motifs is 1. The van der Waals surface area contributed by atoms with Crippen molar-refractivity contribution < 1.29 is 9.32 Å². The summed E-state index contributed by atoms with van der Waals surface area (Å²) in [6.07, 6.45) is 0. The quantitative estimate of drug-likeness (QED) is 0.899. The van der Waals surface area contributed by atoms with Gasteiger partial charge in [-0.2, -0.15) is 0 Å². The highest BCUT2D eigenvalue weighted by Gasteiger charge is 2.24. The highest BCUT2D eigenvalue weighted by Crippen LogP contribution is 2.25. The van der Waals surface area contributed by atoms with Gasteiger partial charge in [-0.05, 0) is 32.8 Å². The molecule has 3 N–H and O–H groups in total. The summed E-state index contributed by atoms with van der Waals surface area (Å²) in [7, 11) is 0. The molecule has 0 atom stereocenters. The van der Waals surface area contributed by atoms with Crippen molar-refractivity contribution in [2.24, 2.45) is 5.73 Å². The van der Waals surface area contributed by atoms with Gasteiger partial charge in [0.15, 0.2) is 0 Å². The van der Waals surface area contributed by atoms with Gasteiger partial charge in [-0.1, -0.05) is 19.0 Å². The van der Waals surface area contributed by atoms with Crippen LogP contribution in [0.3, 0.4) is 0 Å². The fraction of sp³-hybridized carbons (Fsp3) is 0.533. The number of nitrogens with one attached hydrogen (secondary N) is 1. The average molecular weight is 290 g/mol. The molecule has 0 aromatic carbocycles.